The highest BCUT2D eigenvalue weighted by atomic mass is 16.2. The van der Waals surface area contributed by atoms with Crippen LogP contribution in [0, 0.1) is 0 Å². The summed E-state index contributed by atoms with van der Waals surface area (Å²) < 4.78 is 0. The minimum absolute atomic E-state index is 0.182. The average Bonchev–Trinajstić information content (AvgIpc) is 3.03. The van der Waals surface area contributed by atoms with Crippen molar-refractivity contribution in [2.75, 3.05) is 26.8 Å². The molecule has 2 aliphatic heterocycles. The van der Waals surface area contributed by atoms with Gasteiger partial charge in [0.15, 0.2) is 0 Å². The van der Waals surface area contributed by atoms with Gasteiger partial charge in [0.05, 0.1) is 17.8 Å². The maximum Gasteiger partial charge on any atom is 0.262 e. The molecule has 2 heterocycles. The van der Waals surface area contributed by atoms with Gasteiger partial charge in [0.1, 0.15) is 0 Å². The Kier molecular flexibility index (Phi) is 3.08. The highest BCUT2D eigenvalue weighted by Crippen LogP contribution is 2.23. The van der Waals surface area contributed by atoms with Crippen LogP contribution >= 0.6 is 0 Å². The number of fused-ring (bicyclic) bond motifs is 1. The Balaban J connectivity index is 1.76. The third kappa shape index (κ3) is 2.05. The zero-order valence-corrected chi connectivity index (χ0v) is 10.9. The van der Waals surface area contributed by atoms with Crippen molar-refractivity contribution in [2.45, 2.75) is 12.5 Å². The molecule has 2 amide bonds. The van der Waals surface area contributed by atoms with Gasteiger partial charge in [-0.05, 0) is 32.1 Å². The summed E-state index contributed by atoms with van der Waals surface area (Å²) in [5.74, 6) is -0.364. The topological polar surface area (TPSA) is 52.7 Å². The Labute approximate surface area is 112 Å². The highest BCUT2D eigenvalue weighted by molar-refractivity contribution is 6.21. The summed E-state index contributed by atoms with van der Waals surface area (Å²) in [6.45, 7) is 2.27. The number of nitrogens with one attached hydrogen (secondary N) is 1. The van der Waals surface area contributed by atoms with Crippen molar-refractivity contribution in [3.63, 3.8) is 0 Å². The molecule has 5 heteroatoms. The number of hydrogen-bond acceptors (Lipinski definition) is 4. The molecule has 1 unspecified atom stereocenters. The number of carbonyl (C=O) groups excluding carboxylic acids is 2. The standard InChI is InChI=1S/C14H17N3O2/c1-16(10-6-7-15-8-10)9-17-13(18)11-4-2-3-5-12(11)14(17)19/h2-5,10,15H,6-9H2,1H3. The number of amides is 2. The SMILES string of the molecule is CN(CN1C(=O)c2ccccc2C1=O)C1CCNC1. The fourth-order valence-corrected chi connectivity index (χ4v) is 2.72. The first-order valence-corrected chi connectivity index (χ1v) is 6.54. The van der Waals surface area contributed by atoms with E-state index in [2.05, 4.69) is 10.2 Å². The molecule has 1 saturated heterocycles. The van der Waals surface area contributed by atoms with E-state index in [1.807, 2.05) is 7.05 Å². The van der Waals surface area contributed by atoms with Crippen LogP contribution in [-0.2, 0) is 0 Å². The van der Waals surface area contributed by atoms with Crippen molar-refractivity contribution in [1.82, 2.24) is 15.1 Å². The Morgan fingerprint density at radius 2 is 1.89 bits per heavy atom. The molecule has 0 saturated carbocycles. The van der Waals surface area contributed by atoms with Crippen LogP contribution < -0.4 is 5.32 Å². The molecule has 1 N–H and O–H groups in total. The van der Waals surface area contributed by atoms with Crippen LogP contribution in [0.5, 0.6) is 0 Å². The molecule has 1 fully saturated rings. The zero-order valence-electron chi connectivity index (χ0n) is 10.9. The largest absolute Gasteiger partial charge is 0.315 e. The molecule has 5 nitrogen and oxygen atoms in total. The molecular weight excluding hydrogens is 242 g/mol. The van der Waals surface area contributed by atoms with Gasteiger partial charge in [-0.3, -0.25) is 19.4 Å². The molecule has 0 aliphatic carbocycles. The van der Waals surface area contributed by atoms with Crippen molar-refractivity contribution >= 4 is 11.8 Å². The first kappa shape index (κ1) is 12.3. The lowest BCUT2D eigenvalue weighted by atomic mass is 10.1. The quantitative estimate of drug-likeness (QED) is 0.805. The number of hydrogen-bond donors (Lipinski definition) is 1. The average molecular weight is 259 g/mol. The van der Waals surface area contributed by atoms with E-state index in [0.29, 0.717) is 23.8 Å². The zero-order chi connectivity index (χ0) is 13.4. The molecule has 100 valence electrons. The van der Waals surface area contributed by atoms with Crippen LogP contribution in [0.1, 0.15) is 27.1 Å². The van der Waals surface area contributed by atoms with E-state index in [0.717, 1.165) is 19.5 Å². The second-order valence-corrected chi connectivity index (χ2v) is 5.13. The predicted octanol–water partition coefficient (Wildman–Crippen LogP) is 0.534. The molecule has 1 atom stereocenters. The summed E-state index contributed by atoms with van der Waals surface area (Å²) in [6, 6.07) is 7.40. The van der Waals surface area contributed by atoms with Gasteiger partial charge >= 0.3 is 0 Å². The van der Waals surface area contributed by atoms with Crippen LogP contribution in [0.3, 0.4) is 0 Å². The fraction of sp³-hybridized carbons (Fsp3) is 0.429. The van der Waals surface area contributed by atoms with Crippen LogP contribution in [-0.4, -0.2) is 54.5 Å². The van der Waals surface area contributed by atoms with E-state index < -0.39 is 0 Å². The third-order valence-corrected chi connectivity index (χ3v) is 3.90. The Hall–Kier alpha value is -1.72. The molecule has 1 aromatic rings. The molecule has 0 spiro atoms. The van der Waals surface area contributed by atoms with E-state index in [1.54, 1.807) is 24.3 Å². The summed E-state index contributed by atoms with van der Waals surface area (Å²) in [5, 5.41) is 3.29. The van der Waals surface area contributed by atoms with E-state index in [4.69, 9.17) is 0 Å². The lowest BCUT2D eigenvalue weighted by Crippen LogP contribution is -2.44. The van der Waals surface area contributed by atoms with E-state index >= 15 is 0 Å². The van der Waals surface area contributed by atoms with Gasteiger partial charge in [0, 0.05) is 12.6 Å². The summed E-state index contributed by atoms with van der Waals surface area (Å²) in [6.07, 6.45) is 1.06. The maximum absolute atomic E-state index is 12.2. The predicted molar refractivity (Wildman–Crippen MR) is 70.8 cm³/mol. The maximum atomic E-state index is 12.2. The third-order valence-electron chi connectivity index (χ3n) is 3.90. The monoisotopic (exact) mass is 259 g/mol. The molecule has 3 rings (SSSR count). The number of nitrogens with zero attached hydrogens (tertiary/aromatic N) is 2. The van der Waals surface area contributed by atoms with Gasteiger partial charge in [-0.2, -0.15) is 0 Å². The minimum atomic E-state index is -0.182. The molecular formula is C14H17N3O2. The van der Waals surface area contributed by atoms with Crippen molar-refractivity contribution in [1.29, 1.82) is 0 Å². The number of likely N-dealkylation sites (N-methyl/N-ethyl adjacent to an activating group) is 1. The minimum Gasteiger partial charge on any atom is -0.315 e. The highest BCUT2D eigenvalue weighted by Gasteiger charge is 2.36. The first-order valence-electron chi connectivity index (χ1n) is 6.54. The van der Waals surface area contributed by atoms with Crippen LogP contribution in [0.2, 0.25) is 0 Å². The summed E-state index contributed by atoms with van der Waals surface area (Å²) >= 11 is 0. The smallest absolute Gasteiger partial charge is 0.262 e. The number of rotatable bonds is 3. The van der Waals surface area contributed by atoms with E-state index in [-0.39, 0.29) is 11.8 Å². The molecule has 0 bridgehead atoms. The normalized spacial score (nSPS) is 22.4. The molecule has 0 aromatic heterocycles. The van der Waals surface area contributed by atoms with Crippen LogP contribution in [0.25, 0.3) is 0 Å². The van der Waals surface area contributed by atoms with Crippen LogP contribution in [0.4, 0.5) is 0 Å². The van der Waals surface area contributed by atoms with Crippen molar-refractivity contribution in [2.24, 2.45) is 0 Å². The van der Waals surface area contributed by atoms with Crippen molar-refractivity contribution in [3.8, 4) is 0 Å². The lowest BCUT2D eigenvalue weighted by Gasteiger charge is -2.27. The fourth-order valence-electron chi connectivity index (χ4n) is 2.72. The van der Waals surface area contributed by atoms with Gasteiger partial charge in [-0.25, -0.2) is 0 Å². The van der Waals surface area contributed by atoms with Gasteiger partial charge < -0.3 is 5.32 Å². The lowest BCUT2D eigenvalue weighted by molar-refractivity contribution is 0.0533. The Morgan fingerprint density at radius 1 is 1.26 bits per heavy atom. The molecule has 0 radical (unpaired) electrons. The summed E-state index contributed by atoms with van der Waals surface area (Å²) in [7, 11) is 1.96. The first-order chi connectivity index (χ1) is 9.18. The molecule has 1 aromatic carbocycles. The van der Waals surface area contributed by atoms with Crippen LogP contribution in [0.15, 0.2) is 24.3 Å². The van der Waals surface area contributed by atoms with Gasteiger partial charge in [0.25, 0.3) is 11.8 Å². The molecule has 19 heavy (non-hydrogen) atoms. The Morgan fingerprint density at radius 3 is 2.42 bits per heavy atom. The van der Waals surface area contributed by atoms with Gasteiger partial charge in [-0.15, -0.1) is 0 Å². The van der Waals surface area contributed by atoms with Gasteiger partial charge in [0.2, 0.25) is 0 Å². The van der Waals surface area contributed by atoms with E-state index in [1.165, 1.54) is 4.90 Å². The second-order valence-electron chi connectivity index (χ2n) is 5.13. The summed E-state index contributed by atoms with van der Waals surface area (Å²) in [4.78, 5) is 27.8. The number of benzene rings is 1. The Bertz CT molecular complexity index is 488. The van der Waals surface area contributed by atoms with Gasteiger partial charge in [-0.1, -0.05) is 12.1 Å². The molecule has 2 aliphatic rings. The number of carbonyl (C=O) groups is 2. The summed E-state index contributed by atoms with van der Waals surface area (Å²) in [5.41, 5.74) is 1.04. The van der Waals surface area contributed by atoms with E-state index in [9.17, 15) is 9.59 Å². The van der Waals surface area contributed by atoms with Crippen molar-refractivity contribution in [3.05, 3.63) is 35.4 Å². The van der Waals surface area contributed by atoms with Crippen molar-refractivity contribution < 1.29 is 9.59 Å². The number of imide groups is 1. The second kappa shape index (κ2) is 4.75.